The Bertz CT molecular complexity index is 574. The molecule has 0 spiro atoms. The first kappa shape index (κ1) is 15.7. The van der Waals surface area contributed by atoms with Gasteiger partial charge in [-0.25, -0.2) is 22.5 Å². The normalized spacial score (nSPS) is 11.6. The molecule has 0 amide bonds. The number of carboxylic acids is 1. The molecule has 0 fully saturated rings. The predicted octanol–water partition coefficient (Wildman–Crippen LogP) is 0.736. The second kappa shape index (κ2) is 6.18. The maximum absolute atomic E-state index is 11.5. The van der Waals surface area contributed by atoms with Crippen molar-refractivity contribution >= 4 is 33.4 Å². The monoisotopic (exact) mass is 307 g/mol. The fourth-order valence-electron chi connectivity index (χ4n) is 1.22. The summed E-state index contributed by atoms with van der Waals surface area (Å²) in [7, 11) is -0.496. The Hall–Kier alpha value is -1.38. The van der Waals surface area contributed by atoms with E-state index in [4.69, 9.17) is 16.7 Å². The lowest BCUT2D eigenvalue weighted by Crippen LogP contribution is -2.28. The van der Waals surface area contributed by atoms with E-state index in [0.29, 0.717) is 0 Å². The molecule has 1 aromatic rings. The van der Waals surface area contributed by atoms with E-state index in [0.717, 1.165) is 4.31 Å². The average Bonchev–Trinajstić information content (AvgIpc) is 2.28. The number of anilines is 1. The maximum atomic E-state index is 11.5. The Morgan fingerprint density at radius 3 is 2.63 bits per heavy atom. The number of pyridine rings is 1. The Labute approximate surface area is 116 Å². The Morgan fingerprint density at radius 2 is 2.11 bits per heavy atom. The van der Waals surface area contributed by atoms with Gasteiger partial charge >= 0.3 is 5.97 Å². The Balaban J connectivity index is 2.78. The van der Waals surface area contributed by atoms with Crippen LogP contribution >= 0.6 is 11.6 Å². The number of nitrogens with zero attached hydrogens (tertiary/aromatic N) is 2. The van der Waals surface area contributed by atoms with Crippen molar-refractivity contribution in [2.24, 2.45) is 0 Å². The number of carbonyl (C=O) groups is 1. The number of hydrogen-bond donors (Lipinski definition) is 2. The van der Waals surface area contributed by atoms with Crippen LogP contribution in [-0.4, -0.2) is 55.2 Å². The molecule has 0 radical (unpaired) electrons. The molecule has 0 saturated heterocycles. The lowest BCUT2D eigenvalue weighted by molar-refractivity contribution is 0.0697. The van der Waals surface area contributed by atoms with Crippen molar-refractivity contribution in [1.29, 1.82) is 0 Å². The van der Waals surface area contributed by atoms with Crippen LogP contribution in [0.4, 0.5) is 5.82 Å². The van der Waals surface area contributed by atoms with Gasteiger partial charge in [0.1, 0.15) is 16.5 Å². The summed E-state index contributed by atoms with van der Waals surface area (Å²) in [5.41, 5.74) is -0.0633. The van der Waals surface area contributed by atoms with Crippen LogP contribution in [0.5, 0.6) is 0 Å². The molecular weight excluding hydrogens is 294 g/mol. The second-order valence-electron chi connectivity index (χ2n) is 3.86. The first-order chi connectivity index (χ1) is 8.74. The van der Waals surface area contributed by atoms with Gasteiger partial charge in [0, 0.05) is 20.6 Å². The van der Waals surface area contributed by atoms with Crippen molar-refractivity contribution in [1.82, 2.24) is 9.29 Å². The number of nitrogens with one attached hydrogen (secondary N) is 1. The summed E-state index contributed by atoms with van der Waals surface area (Å²) in [6.07, 6.45) is 0. The maximum Gasteiger partial charge on any atom is 0.339 e. The van der Waals surface area contributed by atoms with Gasteiger partial charge in [0.2, 0.25) is 10.0 Å². The SMILES string of the molecule is CN(C)S(=O)(=O)CCNc1nc(Cl)ccc1C(=O)O. The van der Waals surface area contributed by atoms with Gasteiger partial charge in [-0.2, -0.15) is 0 Å². The van der Waals surface area contributed by atoms with Crippen LogP contribution in [-0.2, 0) is 10.0 Å². The van der Waals surface area contributed by atoms with E-state index in [1.165, 1.54) is 26.2 Å². The predicted molar refractivity (Wildman–Crippen MR) is 72.2 cm³/mol. The summed E-state index contributed by atoms with van der Waals surface area (Å²) in [5, 5.41) is 11.7. The molecule has 1 heterocycles. The van der Waals surface area contributed by atoms with E-state index in [1.54, 1.807) is 0 Å². The van der Waals surface area contributed by atoms with Gasteiger partial charge in [0.15, 0.2) is 0 Å². The van der Waals surface area contributed by atoms with E-state index < -0.39 is 16.0 Å². The van der Waals surface area contributed by atoms with Gasteiger partial charge in [0.25, 0.3) is 0 Å². The molecule has 0 atom stereocenters. The number of aromatic nitrogens is 1. The minimum atomic E-state index is -3.35. The smallest absolute Gasteiger partial charge is 0.339 e. The Morgan fingerprint density at radius 1 is 1.47 bits per heavy atom. The zero-order chi connectivity index (χ0) is 14.6. The zero-order valence-electron chi connectivity index (χ0n) is 10.4. The van der Waals surface area contributed by atoms with Crippen molar-refractivity contribution in [3.63, 3.8) is 0 Å². The average molecular weight is 308 g/mol. The number of halogens is 1. The van der Waals surface area contributed by atoms with Gasteiger partial charge in [-0.3, -0.25) is 0 Å². The lowest BCUT2D eigenvalue weighted by atomic mass is 10.2. The molecule has 2 N–H and O–H groups in total. The third kappa shape index (κ3) is 4.34. The second-order valence-corrected chi connectivity index (χ2v) is 6.55. The van der Waals surface area contributed by atoms with Crippen molar-refractivity contribution < 1.29 is 18.3 Å². The fraction of sp³-hybridized carbons (Fsp3) is 0.400. The molecule has 0 aliphatic carbocycles. The minimum absolute atomic E-state index is 0.0358. The number of rotatable bonds is 6. The number of hydrogen-bond acceptors (Lipinski definition) is 5. The van der Waals surface area contributed by atoms with Gasteiger partial charge in [-0.1, -0.05) is 11.6 Å². The highest BCUT2D eigenvalue weighted by Gasteiger charge is 2.15. The first-order valence-electron chi connectivity index (χ1n) is 5.28. The first-order valence-corrected chi connectivity index (χ1v) is 7.26. The van der Waals surface area contributed by atoms with Crippen molar-refractivity contribution in [3.05, 3.63) is 22.8 Å². The van der Waals surface area contributed by atoms with Gasteiger partial charge in [-0.15, -0.1) is 0 Å². The van der Waals surface area contributed by atoms with Crippen molar-refractivity contribution in [3.8, 4) is 0 Å². The molecule has 0 saturated carbocycles. The summed E-state index contributed by atoms with van der Waals surface area (Å²) in [4.78, 5) is 14.8. The van der Waals surface area contributed by atoms with Gasteiger partial charge in [0.05, 0.1) is 5.75 Å². The number of carboxylic acid groups (broad SMARTS) is 1. The van der Waals surface area contributed by atoms with Crippen LogP contribution in [0.2, 0.25) is 5.15 Å². The van der Waals surface area contributed by atoms with Crippen LogP contribution in [0, 0.1) is 0 Å². The number of sulfonamides is 1. The van der Waals surface area contributed by atoms with E-state index in [-0.39, 0.29) is 28.8 Å². The summed E-state index contributed by atoms with van der Waals surface area (Å²) >= 11 is 5.67. The van der Waals surface area contributed by atoms with E-state index in [1.807, 2.05) is 0 Å². The van der Waals surface area contributed by atoms with Crippen LogP contribution in [0.15, 0.2) is 12.1 Å². The molecule has 0 aliphatic heterocycles. The summed E-state index contributed by atoms with van der Waals surface area (Å²) in [6.45, 7) is 0.0358. The van der Waals surface area contributed by atoms with E-state index in [2.05, 4.69) is 10.3 Å². The lowest BCUT2D eigenvalue weighted by Gasteiger charge is -2.12. The highest BCUT2D eigenvalue weighted by molar-refractivity contribution is 7.89. The molecule has 1 aromatic heterocycles. The summed E-state index contributed by atoms with van der Waals surface area (Å²) in [6, 6.07) is 2.66. The van der Waals surface area contributed by atoms with E-state index >= 15 is 0 Å². The molecule has 7 nitrogen and oxygen atoms in total. The molecule has 1 rings (SSSR count). The Kier molecular flexibility index (Phi) is 5.10. The zero-order valence-corrected chi connectivity index (χ0v) is 12.0. The highest BCUT2D eigenvalue weighted by Crippen LogP contribution is 2.16. The van der Waals surface area contributed by atoms with Crippen molar-refractivity contribution in [2.45, 2.75) is 0 Å². The molecule has 0 aliphatic rings. The van der Waals surface area contributed by atoms with Crippen molar-refractivity contribution in [2.75, 3.05) is 31.7 Å². The van der Waals surface area contributed by atoms with Crippen LogP contribution < -0.4 is 5.32 Å². The molecule has 9 heteroatoms. The molecule has 0 aromatic carbocycles. The molecular formula is C10H14ClN3O4S. The summed E-state index contributed by atoms with van der Waals surface area (Å²) in [5.74, 6) is -1.29. The molecule has 106 valence electrons. The van der Waals surface area contributed by atoms with E-state index in [9.17, 15) is 13.2 Å². The number of aromatic carboxylic acids is 1. The molecule has 19 heavy (non-hydrogen) atoms. The van der Waals surface area contributed by atoms with Gasteiger partial charge in [-0.05, 0) is 12.1 Å². The minimum Gasteiger partial charge on any atom is -0.478 e. The largest absolute Gasteiger partial charge is 0.478 e. The van der Waals surface area contributed by atoms with Gasteiger partial charge < -0.3 is 10.4 Å². The topological polar surface area (TPSA) is 99.6 Å². The highest BCUT2D eigenvalue weighted by atomic mass is 35.5. The molecule has 0 bridgehead atoms. The third-order valence-corrected chi connectivity index (χ3v) is 4.34. The summed E-state index contributed by atoms with van der Waals surface area (Å²) < 4.78 is 24.2. The molecule has 0 unspecified atom stereocenters. The van der Waals surface area contributed by atoms with Crippen LogP contribution in [0.3, 0.4) is 0 Å². The quantitative estimate of drug-likeness (QED) is 0.752. The third-order valence-electron chi connectivity index (χ3n) is 2.30. The van der Waals surface area contributed by atoms with Crippen LogP contribution in [0.1, 0.15) is 10.4 Å². The standard InChI is InChI=1S/C10H14ClN3O4S/c1-14(2)19(17,18)6-5-12-9-7(10(15)16)3-4-8(11)13-9/h3-4H,5-6H2,1-2H3,(H,12,13)(H,15,16). The fourth-order valence-corrected chi connectivity index (χ4v) is 2.10. The van der Waals surface area contributed by atoms with Crippen LogP contribution in [0.25, 0.3) is 0 Å².